The Morgan fingerprint density at radius 1 is 1.62 bits per heavy atom. The van der Waals surface area contributed by atoms with Gasteiger partial charge in [0.25, 0.3) is 0 Å². The fourth-order valence-corrected chi connectivity index (χ4v) is 1.10. The predicted molar refractivity (Wildman–Crippen MR) is 45.7 cm³/mol. The number of aryl methyl sites for hydroxylation is 1. The molecule has 5 heteroatoms. The Morgan fingerprint density at radius 2 is 2.23 bits per heavy atom. The first-order chi connectivity index (χ1) is 6.07. The van der Waals surface area contributed by atoms with Crippen LogP contribution in [-0.4, -0.2) is 4.92 Å². The maximum atomic E-state index is 13.3. The van der Waals surface area contributed by atoms with Gasteiger partial charge in [-0.1, -0.05) is 6.07 Å². The smallest absolute Gasteiger partial charge is 0.305 e. The molecule has 1 aromatic rings. The molecule has 2 N–H and O–H groups in total. The van der Waals surface area contributed by atoms with E-state index in [1.807, 2.05) is 0 Å². The summed E-state index contributed by atoms with van der Waals surface area (Å²) in [5, 5.41) is 10.3. The van der Waals surface area contributed by atoms with Crippen LogP contribution < -0.4 is 5.73 Å². The molecule has 13 heavy (non-hydrogen) atoms. The quantitative estimate of drug-likeness (QED) is 0.559. The standard InChI is InChI=1S/C8H9FN2O2/c1-5-2-3-7(11(12)13)8(9)6(5)4-10/h2-3H,4,10H2,1H3. The fourth-order valence-electron chi connectivity index (χ4n) is 1.10. The van der Waals surface area contributed by atoms with E-state index >= 15 is 0 Å². The molecule has 0 unspecified atom stereocenters. The lowest BCUT2D eigenvalue weighted by atomic mass is 10.1. The first-order valence-electron chi connectivity index (χ1n) is 3.70. The molecule has 1 rings (SSSR count). The molecule has 0 saturated heterocycles. The summed E-state index contributed by atoms with van der Waals surface area (Å²) in [6.07, 6.45) is 0. The molecule has 0 amide bonds. The first-order valence-corrected chi connectivity index (χ1v) is 3.70. The molecule has 0 radical (unpaired) electrons. The van der Waals surface area contributed by atoms with Crippen molar-refractivity contribution < 1.29 is 9.31 Å². The van der Waals surface area contributed by atoms with Gasteiger partial charge in [0.05, 0.1) is 4.92 Å². The van der Waals surface area contributed by atoms with E-state index in [1.54, 1.807) is 6.92 Å². The molecule has 0 aromatic heterocycles. The molecule has 0 atom stereocenters. The Bertz CT molecular complexity index is 352. The minimum absolute atomic E-state index is 0.0284. The molecule has 0 heterocycles. The molecule has 70 valence electrons. The third-order valence-electron chi connectivity index (χ3n) is 1.86. The molecule has 1 aromatic carbocycles. The second kappa shape index (κ2) is 3.49. The van der Waals surface area contributed by atoms with Crippen molar-refractivity contribution in [2.75, 3.05) is 0 Å². The maximum Gasteiger partial charge on any atom is 0.305 e. The van der Waals surface area contributed by atoms with E-state index in [0.29, 0.717) is 5.56 Å². The summed E-state index contributed by atoms with van der Waals surface area (Å²) in [5.74, 6) is -0.826. The Hall–Kier alpha value is -1.49. The number of hydrogen-bond donors (Lipinski definition) is 1. The third kappa shape index (κ3) is 1.65. The van der Waals surface area contributed by atoms with E-state index in [0.717, 1.165) is 6.07 Å². The monoisotopic (exact) mass is 184 g/mol. The van der Waals surface area contributed by atoms with E-state index in [9.17, 15) is 14.5 Å². The normalized spacial score (nSPS) is 10.1. The Balaban J connectivity index is 3.35. The van der Waals surface area contributed by atoms with Gasteiger partial charge in [-0.3, -0.25) is 10.1 Å². The van der Waals surface area contributed by atoms with Crippen molar-refractivity contribution in [2.24, 2.45) is 5.73 Å². The number of rotatable bonds is 2. The minimum Gasteiger partial charge on any atom is -0.326 e. The number of benzene rings is 1. The second-order valence-electron chi connectivity index (χ2n) is 2.66. The highest BCUT2D eigenvalue weighted by molar-refractivity contribution is 5.41. The van der Waals surface area contributed by atoms with Gasteiger partial charge in [0, 0.05) is 18.2 Å². The molecule has 0 spiro atoms. The summed E-state index contributed by atoms with van der Waals surface area (Å²) < 4.78 is 13.3. The van der Waals surface area contributed by atoms with Crippen LogP contribution in [0.3, 0.4) is 0 Å². The lowest BCUT2D eigenvalue weighted by Gasteiger charge is -2.03. The van der Waals surface area contributed by atoms with Gasteiger partial charge in [0.15, 0.2) is 0 Å². The lowest BCUT2D eigenvalue weighted by molar-refractivity contribution is -0.387. The molecule has 0 bridgehead atoms. The summed E-state index contributed by atoms with van der Waals surface area (Å²) in [6.45, 7) is 1.63. The average molecular weight is 184 g/mol. The molecule has 0 aliphatic rings. The zero-order chi connectivity index (χ0) is 10.0. The molecule has 0 aliphatic carbocycles. The summed E-state index contributed by atoms with van der Waals surface area (Å²) in [6, 6.07) is 2.63. The Morgan fingerprint density at radius 3 is 2.69 bits per heavy atom. The SMILES string of the molecule is Cc1ccc([N+](=O)[O-])c(F)c1CN. The third-order valence-corrected chi connectivity index (χ3v) is 1.86. The van der Waals surface area contributed by atoms with Gasteiger partial charge >= 0.3 is 5.69 Å². The summed E-state index contributed by atoms with van der Waals surface area (Å²) >= 11 is 0. The van der Waals surface area contributed by atoms with E-state index in [-0.39, 0.29) is 12.1 Å². The largest absolute Gasteiger partial charge is 0.326 e. The topological polar surface area (TPSA) is 69.2 Å². The second-order valence-corrected chi connectivity index (χ2v) is 2.66. The predicted octanol–water partition coefficient (Wildman–Crippen LogP) is 1.50. The van der Waals surface area contributed by atoms with Crippen LogP contribution in [0, 0.1) is 22.9 Å². The maximum absolute atomic E-state index is 13.3. The van der Waals surface area contributed by atoms with E-state index in [2.05, 4.69) is 0 Å². The molecular weight excluding hydrogens is 175 g/mol. The fraction of sp³-hybridized carbons (Fsp3) is 0.250. The highest BCUT2D eigenvalue weighted by atomic mass is 19.1. The van der Waals surface area contributed by atoms with Crippen molar-refractivity contribution in [3.05, 3.63) is 39.2 Å². The molecule has 0 aliphatic heterocycles. The van der Waals surface area contributed by atoms with Crippen molar-refractivity contribution in [1.29, 1.82) is 0 Å². The van der Waals surface area contributed by atoms with Crippen LogP contribution in [0.2, 0.25) is 0 Å². The minimum atomic E-state index is -0.826. The molecular formula is C8H9FN2O2. The van der Waals surface area contributed by atoms with Gasteiger partial charge in [-0.15, -0.1) is 0 Å². The van der Waals surface area contributed by atoms with E-state index < -0.39 is 16.4 Å². The van der Waals surface area contributed by atoms with Crippen molar-refractivity contribution in [1.82, 2.24) is 0 Å². The Labute approximate surface area is 74.3 Å². The van der Waals surface area contributed by atoms with Crippen LogP contribution in [0.25, 0.3) is 0 Å². The van der Waals surface area contributed by atoms with Gasteiger partial charge < -0.3 is 5.73 Å². The van der Waals surface area contributed by atoms with Gasteiger partial charge in [-0.2, -0.15) is 4.39 Å². The van der Waals surface area contributed by atoms with Crippen molar-refractivity contribution in [3.8, 4) is 0 Å². The molecule has 4 nitrogen and oxygen atoms in total. The summed E-state index contributed by atoms with van der Waals surface area (Å²) in [4.78, 5) is 9.57. The van der Waals surface area contributed by atoms with E-state index in [1.165, 1.54) is 6.07 Å². The summed E-state index contributed by atoms with van der Waals surface area (Å²) in [5.41, 5.74) is 5.57. The van der Waals surface area contributed by atoms with Crippen LogP contribution >= 0.6 is 0 Å². The zero-order valence-corrected chi connectivity index (χ0v) is 7.08. The summed E-state index contributed by atoms with van der Waals surface area (Å²) in [7, 11) is 0. The molecule has 0 fully saturated rings. The van der Waals surface area contributed by atoms with Crippen LogP contribution in [0.1, 0.15) is 11.1 Å². The number of nitro benzene ring substituents is 1. The zero-order valence-electron chi connectivity index (χ0n) is 7.08. The number of nitrogens with two attached hydrogens (primary N) is 1. The van der Waals surface area contributed by atoms with Gasteiger partial charge in [-0.05, 0) is 12.5 Å². The van der Waals surface area contributed by atoms with Crippen LogP contribution in [-0.2, 0) is 6.54 Å². The van der Waals surface area contributed by atoms with Crippen molar-refractivity contribution in [3.63, 3.8) is 0 Å². The Kier molecular flexibility index (Phi) is 2.57. The van der Waals surface area contributed by atoms with Gasteiger partial charge in [-0.25, -0.2) is 0 Å². The van der Waals surface area contributed by atoms with E-state index in [4.69, 9.17) is 5.73 Å². The van der Waals surface area contributed by atoms with Crippen LogP contribution in [0.5, 0.6) is 0 Å². The van der Waals surface area contributed by atoms with Crippen LogP contribution in [0.15, 0.2) is 12.1 Å². The van der Waals surface area contributed by atoms with Crippen molar-refractivity contribution >= 4 is 5.69 Å². The average Bonchev–Trinajstić information content (AvgIpc) is 2.04. The highest BCUT2D eigenvalue weighted by Crippen LogP contribution is 2.22. The number of hydrogen-bond acceptors (Lipinski definition) is 3. The molecule has 0 saturated carbocycles. The van der Waals surface area contributed by atoms with Crippen molar-refractivity contribution in [2.45, 2.75) is 13.5 Å². The first kappa shape index (κ1) is 9.60. The highest BCUT2D eigenvalue weighted by Gasteiger charge is 2.17. The number of nitrogens with zero attached hydrogens (tertiary/aromatic N) is 1. The number of nitro groups is 1. The van der Waals surface area contributed by atoms with Gasteiger partial charge in [0.1, 0.15) is 0 Å². The van der Waals surface area contributed by atoms with Gasteiger partial charge in [0.2, 0.25) is 5.82 Å². The number of halogens is 1. The van der Waals surface area contributed by atoms with Crippen LogP contribution in [0.4, 0.5) is 10.1 Å². The lowest BCUT2D eigenvalue weighted by Crippen LogP contribution is -2.05.